The third-order valence-electron chi connectivity index (χ3n) is 5.12. The standard InChI is InChI=1S/C25H22FN3O3/c1-16-14-20(18-6-9-21(26)10-7-18)8-11-22(16)25-28-24(29-32-25)19-4-2-17(3-5-19)15-27-13-12-23(30)31/h2-11,14,27H,12-13,15H2,1H3,(H,30,31). The molecule has 162 valence electrons. The van der Waals surface area contributed by atoms with Crippen molar-refractivity contribution in [1.29, 1.82) is 0 Å². The Labute approximate surface area is 184 Å². The van der Waals surface area contributed by atoms with Gasteiger partial charge in [-0.15, -0.1) is 0 Å². The number of carboxylic acid groups (broad SMARTS) is 1. The number of aromatic nitrogens is 2. The average Bonchev–Trinajstić information content (AvgIpc) is 3.27. The summed E-state index contributed by atoms with van der Waals surface area (Å²) >= 11 is 0. The number of halogens is 1. The first-order chi connectivity index (χ1) is 15.5. The fourth-order valence-corrected chi connectivity index (χ4v) is 3.38. The number of benzene rings is 3. The fraction of sp³-hybridized carbons (Fsp3) is 0.160. The lowest BCUT2D eigenvalue weighted by Crippen LogP contribution is -2.17. The number of hydrogen-bond acceptors (Lipinski definition) is 5. The number of hydrogen-bond donors (Lipinski definition) is 2. The average molecular weight is 431 g/mol. The molecule has 1 heterocycles. The van der Waals surface area contributed by atoms with Crippen molar-refractivity contribution in [1.82, 2.24) is 15.5 Å². The summed E-state index contributed by atoms with van der Waals surface area (Å²) in [6.07, 6.45) is 0.0913. The zero-order chi connectivity index (χ0) is 22.5. The zero-order valence-corrected chi connectivity index (χ0v) is 17.5. The molecule has 0 aliphatic rings. The van der Waals surface area contributed by atoms with Gasteiger partial charge in [0, 0.05) is 24.2 Å². The third-order valence-corrected chi connectivity index (χ3v) is 5.12. The molecule has 0 saturated carbocycles. The second kappa shape index (κ2) is 9.53. The van der Waals surface area contributed by atoms with E-state index >= 15 is 0 Å². The van der Waals surface area contributed by atoms with E-state index in [1.807, 2.05) is 49.4 Å². The lowest BCUT2D eigenvalue weighted by Gasteiger charge is -2.06. The lowest BCUT2D eigenvalue weighted by molar-refractivity contribution is -0.136. The summed E-state index contributed by atoms with van der Waals surface area (Å²) in [7, 11) is 0. The SMILES string of the molecule is Cc1cc(-c2ccc(F)cc2)ccc1-c1nc(-c2ccc(CNCCC(=O)O)cc2)no1. The van der Waals surface area contributed by atoms with E-state index < -0.39 is 5.97 Å². The van der Waals surface area contributed by atoms with Crippen LogP contribution in [0.4, 0.5) is 4.39 Å². The van der Waals surface area contributed by atoms with Crippen LogP contribution in [0.15, 0.2) is 71.3 Å². The van der Waals surface area contributed by atoms with Crippen LogP contribution in [0.2, 0.25) is 0 Å². The molecular formula is C25H22FN3O3. The van der Waals surface area contributed by atoms with Crippen LogP contribution < -0.4 is 5.32 Å². The number of aryl methyl sites for hydroxylation is 1. The number of rotatable bonds is 8. The molecule has 4 aromatic rings. The number of carboxylic acids is 1. The predicted octanol–water partition coefficient (Wildman–Crippen LogP) is 5.08. The van der Waals surface area contributed by atoms with E-state index in [1.165, 1.54) is 12.1 Å². The third kappa shape index (κ3) is 5.07. The van der Waals surface area contributed by atoms with Crippen molar-refractivity contribution in [3.05, 3.63) is 83.7 Å². The Balaban J connectivity index is 1.46. The molecule has 6 nitrogen and oxygen atoms in total. The van der Waals surface area contributed by atoms with Crippen LogP contribution in [0, 0.1) is 12.7 Å². The minimum Gasteiger partial charge on any atom is -0.481 e. The monoisotopic (exact) mass is 431 g/mol. The smallest absolute Gasteiger partial charge is 0.304 e. The molecule has 32 heavy (non-hydrogen) atoms. The Morgan fingerprint density at radius 1 is 1.00 bits per heavy atom. The minimum atomic E-state index is -0.818. The van der Waals surface area contributed by atoms with Crippen LogP contribution in [0.3, 0.4) is 0 Å². The Bertz CT molecular complexity index is 1220. The Kier molecular flexibility index (Phi) is 6.37. The molecular weight excluding hydrogens is 409 g/mol. The van der Waals surface area contributed by atoms with Gasteiger partial charge < -0.3 is 14.9 Å². The molecule has 0 unspecified atom stereocenters. The van der Waals surface area contributed by atoms with E-state index in [-0.39, 0.29) is 12.2 Å². The first kappa shape index (κ1) is 21.4. The molecule has 0 saturated heterocycles. The largest absolute Gasteiger partial charge is 0.481 e. The topological polar surface area (TPSA) is 88.2 Å². The van der Waals surface area contributed by atoms with Crippen molar-refractivity contribution in [3.8, 4) is 34.0 Å². The van der Waals surface area contributed by atoms with Gasteiger partial charge in [0.05, 0.1) is 6.42 Å². The number of nitrogens with zero attached hydrogens (tertiary/aromatic N) is 2. The van der Waals surface area contributed by atoms with Crippen molar-refractivity contribution in [2.24, 2.45) is 0 Å². The van der Waals surface area contributed by atoms with Crippen LogP contribution in [0.1, 0.15) is 17.5 Å². The summed E-state index contributed by atoms with van der Waals surface area (Å²) in [6, 6.07) is 20.0. The summed E-state index contributed by atoms with van der Waals surface area (Å²) in [5.41, 5.74) is 5.60. The van der Waals surface area contributed by atoms with Gasteiger partial charge in [0.1, 0.15) is 5.82 Å². The predicted molar refractivity (Wildman–Crippen MR) is 119 cm³/mol. The maximum Gasteiger partial charge on any atom is 0.304 e. The van der Waals surface area contributed by atoms with Gasteiger partial charge in [-0.1, -0.05) is 53.7 Å². The van der Waals surface area contributed by atoms with Gasteiger partial charge in [-0.3, -0.25) is 4.79 Å². The van der Waals surface area contributed by atoms with Crippen molar-refractivity contribution >= 4 is 5.97 Å². The highest BCUT2D eigenvalue weighted by atomic mass is 19.1. The van der Waals surface area contributed by atoms with Crippen LogP contribution in [0.25, 0.3) is 34.0 Å². The van der Waals surface area contributed by atoms with Crippen molar-refractivity contribution in [2.75, 3.05) is 6.54 Å². The van der Waals surface area contributed by atoms with Gasteiger partial charge in [0.15, 0.2) is 0 Å². The molecule has 0 aliphatic carbocycles. The van der Waals surface area contributed by atoms with Gasteiger partial charge in [-0.2, -0.15) is 4.98 Å². The van der Waals surface area contributed by atoms with E-state index in [0.717, 1.165) is 33.4 Å². The molecule has 7 heteroatoms. The van der Waals surface area contributed by atoms with E-state index in [9.17, 15) is 9.18 Å². The number of nitrogens with one attached hydrogen (secondary N) is 1. The fourth-order valence-electron chi connectivity index (χ4n) is 3.38. The molecule has 0 atom stereocenters. The van der Waals surface area contributed by atoms with E-state index in [4.69, 9.17) is 9.63 Å². The zero-order valence-electron chi connectivity index (χ0n) is 17.5. The van der Waals surface area contributed by atoms with Crippen LogP contribution in [-0.4, -0.2) is 27.8 Å². The van der Waals surface area contributed by atoms with Gasteiger partial charge in [0.2, 0.25) is 5.82 Å². The van der Waals surface area contributed by atoms with Gasteiger partial charge in [-0.05, 0) is 47.4 Å². The van der Waals surface area contributed by atoms with Gasteiger partial charge >= 0.3 is 5.97 Å². The highest BCUT2D eigenvalue weighted by Crippen LogP contribution is 2.29. The lowest BCUT2D eigenvalue weighted by atomic mass is 10.00. The van der Waals surface area contributed by atoms with Crippen LogP contribution in [0.5, 0.6) is 0 Å². The molecule has 0 fully saturated rings. The van der Waals surface area contributed by atoms with Crippen molar-refractivity contribution < 1.29 is 18.8 Å². The molecule has 2 N–H and O–H groups in total. The summed E-state index contributed by atoms with van der Waals surface area (Å²) < 4.78 is 18.7. The highest BCUT2D eigenvalue weighted by molar-refractivity contribution is 5.71. The molecule has 0 radical (unpaired) electrons. The maximum absolute atomic E-state index is 13.2. The number of aliphatic carboxylic acids is 1. The minimum absolute atomic E-state index is 0.0913. The van der Waals surface area contributed by atoms with Gasteiger partial charge in [-0.25, -0.2) is 4.39 Å². The van der Waals surface area contributed by atoms with Crippen molar-refractivity contribution in [2.45, 2.75) is 19.9 Å². The quantitative estimate of drug-likeness (QED) is 0.378. The summed E-state index contributed by atoms with van der Waals surface area (Å²) in [5, 5.41) is 15.9. The summed E-state index contributed by atoms with van der Waals surface area (Å²) in [6.45, 7) is 2.98. The first-order valence-corrected chi connectivity index (χ1v) is 10.2. The maximum atomic E-state index is 13.2. The van der Waals surface area contributed by atoms with E-state index in [2.05, 4.69) is 15.5 Å². The number of carbonyl (C=O) groups is 1. The van der Waals surface area contributed by atoms with Crippen LogP contribution >= 0.6 is 0 Å². The Morgan fingerprint density at radius 2 is 1.69 bits per heavy atom. The molecule has 1 aromatic heterocycles. The van der Waals surface area contributed by atoms with Crippen molar-refractivity contribution in [3.63, 3.8) is 0 Å². The highest BCUT2D eigenvalue weighted by Gasteiger charge is 2.13. The Morgan fingerprint density at radius 3 is 2.38 bits per heavy atom. The normalized spacial score (nSPS) is 10.9. The van der Waals surface area contributed by atoms with E-state index in [1.54, 1.807) is 12.1 Å². The second-order valence-electron chi connectivity index (χ2n) is 7.48. The van der Waals surface area contributed by atoms with Crippen LogP contribution in [-0.2, 0) is 11.3 Å². The molecule has 0 spiro atoms. The molecule has 0 aliphatic heterocycles. The molecule has 0 amide bonds. The van der Waals surface area contributed by atoms with Gasteiger partial charge in [0.25, 0.3) is 5.89 Å². The molecule has 3 aromatic carbocycles. The summed E-state index contributed by atoms with van der Waals surface area (Å²) in [4.78, 5) is 15.1. The molecule has 4 rings (SSSR count). The molecule has 0 bridgehead atoms. The summed E-state index contributed by atoms with van der Waals surface area (Å²) in [5.74, 6) is -0.154. The first-order valence-electron chi connectivity index (χ1n) is 10.2. The second-order valence-corrected chi connectivity index (χ2v) is 7.48. The van der Waals surface area contributed by atoms with E-state index in [0.29, 0.717) is 24.8 Å². The Hall–Kier alpha value is -3.84.